The largest absolute Gasteiger partial charge is 0.416 e. The van der Waals surface area contributed by atoms with Crippen LogP contribution in [0, 0.1) is 0 Å². The van der Waals surface area contributed by atoms with Crippen molar-refractivity contribution in [1.82, 2.24) is 0 Å². The van der Waals surface area contributed by atoms with Crippen LogP contribution in [0.5, 0.6) is 0 Å². The zero-order valence-corrected chi connectivity index (χ0v) is 11.2. The summed E-state index contributed by atoms with van der Waals surface area (Å²) in [5, 5.41) is 0.626. The average Bonchev–Trinajstić information content (AvgIpc) is 2.38. The standard InChI is InChI=1S/C15H12ClF3O/c16-14-3-1-2-12(8-14)10-20-9-11-4-6-13(7-5-11)15(17,18)19/h1-8H,9-10H2. The Balaban J connectivity index is 1.88. The predicted octanol–water partition coefficient (Wildman–Crippen LogP) is 5.08. The van der Waals surface area contributed by atoms with Crippen LogP contribution in [0.2, 0.25) is 5.02 Å². The molecular formula is C15H12ClF3O. The van der Waals surface area contributed by atoms with Crippen LogP contribution in [0.25, 0.3) is 0 Å². The number of rotatable bonds is 4. The van der Waals surface area contributed by atoms with E-state index in [1.165, 1.54) is 12.1 Å². The Kier molecular flexibility index (Phi) is 4.68. The first-order chi connectivity index (χ1) is 9.45. The van der Waals surface area contributed by atoms with Gasteiger partial charge in [-0.05, 0) is 35.4 Å². The molecule has 0 saturated heterocycles. The van der Waals surface area contributed by atoms with Gasteiger partial charge >= 0.3 is 6.18 Å². The van der Waals surface area contributed by atoms with E-state index in [1.54, 1.807) is 12.1 Å². The van der Waals surface area contributed by atoms with E-state index in [9.17, 15) is 13.2 Å². The minimum Gasteiger partial charge on any atom is -0.372 e. The highest BCUT2D eigenvalue weighted by molar-refractivity contribution is 6.30. The molecule has 106 valence electrons. The Morgan fingerprint density at radius 2 is 1.55 bits per heavy atom. The molecule has 0 saturated carbocycles. The Labute approximate surface area is 119 Å². The van der Waals surface area contributed by atoms with Crippen LogP contribution < -0.4 is 0 Å². The van der Waals surface area contributed by atoms with Crippen molar-refractivity contribution in [1.29, 1.82) is 0 Å². The molecule has 2 aromatic rings. The lowest BCUT2D eigenvalue weighted by atomic mass is 10.1. The summed E-state index contributed by atoms with van der Waals surface area (Å²) < 4.78 is 42.6. The van der Waals surface area contributed by atoms with Crippen molar-refractivity contribution in [3.63, 3.8) is 0 Å². The van der Waals surface area contributed by atoms with Crippen LogP contribution in [0.1, 0.15) is 16.7 Å². The van der Waals surface area contributed by atoms with Crippen molar-refractivity contribution in [3.05, 3.63) is 70.2 Å². The van der Waals surface area contributed by atoms with E-state index in [1.807, 2.05) is 12.1 Å². The second kappa shape index (κ2) is 6.29. The molecule has 5 heteroatoms. The highest BCUT2D eigenvalue weighted by atomic mass is 35.5. The third-order valence-electron chi connectivity index (χ3n) is 2.71. The molecule has 0 aromatic heterocycles. The minimum absolute atomic E-state index is 0.255. The van der Waals surface area contributed by atoms with Gasteiger partial charge in [-0.15, -0.1) is 0 Å². The quantitative estimate of drug-likeness (QED) is 0.765. The SMILES string of the molecule is FC(F)(F)c1ccc(COCc2cccc(Cl)c2)cc1. The van der Waals surface area contributed by atoms with Crippen molar-refractivity contribution in [2.75, 3.05) is 0 Å². The minimum atomic E-state index is -4.31. The molecule has 0 N–H and O–H groups in total. The van der Waals surface area contributed by atoms with Gasteiger partial charge in [0, 0.05) is 5.02 Å². The molecule has 0 bridgehead atoms. The van der Waals surface area contributed by atoms with Gasteiger partial charge in [-0.3, -0.25) is 0 Å². The third-order valence-corrected chi connectivity index (χ3v) is 2.94. The van der Waals surface area contributed by atoms with Crippen molar-refractivity contribution < 1.29 is 17.9 Å². The normalized spacial score (nSPS) is 11.6. The van der Waals surface area contributed by atoms with Crippen molar-refractivity contribution in [2.45, 2.75) is 19.4 Å². The number of halogens is 4. The number of hydrogen-bond acceptors (Lipinski definition) is 1. The van der Waals surface area contributed by atoms with Gasteiger partial charge in [0.05, 0.1) is 18.8 Å². The van der Waals surface area contributed by atoms with Crippen LogP contribution in [0.15, 0.2) is 48.5 Å². The van der Waals surface area contributed by atoms with Gasteiger partial charge in [-0.25, -0.2) is 0 Å². The van der Waals surface area contributed by atoms with E-state index in [2.05, 4.69) is 0 Å². The molecule has 0 amide bonds. The Morgan fingerprint density at radius 1 is 0.900 bits per heavy atom. The van der Waals surface area contributed by atoms with Crippen LogP contribution >= 0.6 is 11.6 Å². The Bertz CT molecular complexity index is 564. The summed E-state index contributed by atoms with van der Waals surface area (Å²) >= 11 is 5.84. The predicted molar refractivity (Wildman–Crippen MR) is 71.4 cm³/mol. The zero-order valence-electron chi connectivity index (χ0n) is 10.5. The van der Waals surface area contributed by atoms with E-state index in [0.717, 1.165) is 17.7 Å². The number of ether oxygens (including phenoxy) is 1. The molecule has 0 aliphatic rings. The lowest BCUT2D eigenvalue weighted by molar-refractivity contribution is -0.137. The molecule has 2 aromatic carbocycles. The van der Waals surface area contributed by atoms with Crippen LogP contribution in [0.4, 0.5) is 13.2 Å². The summed E-state index contributed by atoms with van der Waals surface area (Å²) in [4.78, 5) is 0. The highest BCUT2D eigenvalue weighted by Crippen LogP contribution is 2.29. The van der Waals surface area contributed by atoms with E-state index < -0.39 is 11.7 Å². The van der Waals surface area contributed by atoms with E-state index in [-0.39, 0.29) is 6.61 Å². The van der Waals surface area contributed by atoms with E-state index in [0.29, 0.717) is 17.2 Å². The van der Waals surface area contributed by atoms with E-state index >= 15 is 0 Å². The van der Waals surface area contributed by atoms with Crippen LogP contribution in [-0.2, 0) is 24.1 Å². The average molecular weight is 301 g/mol. The smallest absolute Gasteiger partial charge is 0.372 e. The first kappa shape index (κ1) is 14.9. The highest BCUT2D eigenvalue weighted by Gasteiger charge is 2.29. The summed E-state index contributed by atoms with van der Waals surface area (Å²) in [6.07, 6.45) is -4.31. The van der Waals surface area contributed by atoms with Gasteiger partial charge < -0.3 is 4.74 Å². The molecule has 0 heterocycles. The molecule has 0 aliphatic heterocycles. The van der Waals surface area contributed by atoms with Gasteiger partial charge in [0.15, 0.2) is 0 Å². The van der Waals surface area contributed by atoms with Gasteiger partial charge in [-0.2, -0.15) is 13.2 Å². The topological polar surface area (TPSA) is 9.23 Å². The molecule has 0 unspecified atom stereocenters. The Hall–Kier alpha value is -1.52. The fourth-order valence-electron chi connectivity index (χ4n) is 1.70. The fraction of sp³-hybridized carbons (Fsp3) is 0.200. The first-order valence-electron chi connectivity index (χ1n) is 5.93. The fourth-order valence-corrected chi connectivity index (χ4v) is 1.92. The molecule has 0 radical (unpaired) electrons. The molecule has 2 rings (SSSR count). The number of hydrogen-bond donors (Lipinski definition) is 0. The van der Waals surface area contributed by atoms with Crippen molar-refractivity contribution in [3.8, 4) is 0 Å². The summed E-state index contributed by atoms with van der Waals surface area (Å²) in [5.41, 5.74) is 0.959. The second-order valence-electron chi connectivity index (χ2n) is 4.32. The van der Waals surface area contributed by atoms with Gasteiger partial charge in [0.25, 0.3) is 0 Å². The van der Waals surface area contributed by atoms with E-state index in [4.69, 9.17) is 16.3 Å². The number of benzene rings is 2. The lowest BCUT2D eigenvalue weighted by Crippen LogP contribution is -2.04. The van der Waals surface area contributed by atoms with Crippen LogP contribution in [0.3, 0.4) is 0 Å². The maximum atomic E-state index is 12.4. The lowest BCUT2D eigenvalue weighted by Gasteiger charge is -2.08. The van der Waals surface area contributed by atoms with Gasteiger partial charge in [-0.1, -0.05) is 35.9 Å². The molecule has 0 spiro atoms. The molecule has 0 fully saturated rings. The third kappa shape index (κ3) is 4.25. The van der Waals surface area contributed by atoms with Crippen molar-refractivity contribution in [2.24, 2.45) is 0 Å². The monoisotopic (exact) mass is 300 g/mol. The molecule has 0 aliphatic carbocycles. The molecular weight excluding hydrogens is 289 g/mol. The molecule has 0 atom stereocenters. The summed E-state index contributed by atoms with van der Waals surface area (Å²) in [6, 6.07) is 12.2. The summed E-state index contributed by atoms with van der Waals surface area (Å²) in [5.74, 6) is 0. The molecule has 1 nitrogen and oxygen atoms in total. The Morgan fingerprint density at radius 3 is 2.15 bits per heavy atom. The van der Waals surface area contributed by atoms with Gasteiger partial charge in [0.1, 0.15) is 0 Å². The summed E-state index contributed by atoms with van der Waals surface area (Å²) in [7, 11) is 0. The van der Waals surface area contributed by atoms with Crippen LogP contribution in [-0.4, -0.2) is 0 Å². The zero-order chi connectivity index (χ0) is 14.6. The van der Waals surface area contributed by atoms with Crippen molar-refractivity contribution >= 4 is 11.6 Å². The summed E-state index contributed by atoms with van der Waals surface area (Å²) in [6.45, 7) is 0.617. The maximum absolute atomic E-state index is 12.4. The first-order valence-corrected chi connectivity index (χ1v) is 6.31. The van der Waals surface area contributed by atoms with Gasteiger partial charge in [0.2, 0.25) is 0 Å². The number of alkyl halides is 3. The maximum Gasteiger partial charge on any atom is 0.416 e. The molecule has 20 heavy (non-hydrogen) atoms. The second-order valence-corrected chi connectivity index (χ2v) is 4.75.